The highest BCUT2D eigenvalue weighted by Crippen LogP contribution is 2.30. The Morgan fingerprint density at radius 1 is 1.00 bits per heavy atom. The van der Waals surface area contributed by atoms with Crippen LogP contribution in [0.15, 0.2) is 70.5 Å². The van der Waals surface area contributed by atoms with Gasteiger partial charge in [-0.05, 0) is 48.6 Å². The summed E-state index contributed by atoms with van der Waals surface area (Å²) in [7, 11) is 0. The third kappa shape index (κ3) is 3.18. The van der Waals surface area contributed by atoms with E-state index in [2.05, 4.69) is 4.98 Å². The van der Waals surface area contributed by atoms with Crippen molar-refractivity contribution < 1.29 is 4.39 Å². The van der Waals surface area contributed by atoms with Gasteiger partial charge in [-0.15, -0.1) is 0 Å². The van der Waals surface area contributed by atoms with Crippen molar-refractivity contribution in [2.45, 2.75) is 25.9 Å². The summed E-state index contributed by atoms with van der Waals surface area (Å²) in [6, 6.07) is 15.4. The molecule has 1 fully saturated rings. The van der Waals surface area contributed by atoms with Gasteiger partial charge in [0.1, 0.15) is 5.82 Å². The van der Waals surface area contributed by atoms with Gasteiger partial charge in [-0.1, -0.05) is 30.3 Å². The van der Waals surface area contributed by atoms with Crippen LogP contribution in [0.3, 0.4) is 0 Å². The molecule has 1 aliphatic rings. The van der Waals surface area contributed by atoms with Crippen LogP contribution in [0, 0.1) is 11.7 Å². The smallest absolute Gasteiger partial charge is 0.320 e. The molecule has 7 heteroatoms. The van der Waals surface area contributed by atoms with Gasteiger partial charge in [-0.2, -0.15) is 0 Å². The van der Waals surface area contributed by atoms with E-state index >= 15 is 0 Å². The van der Waals surface area contributed by atoms with Crippen molar-refractivity contribution in [3.63, 3.8) is 0 Å². The Labute approximate surface area is 165 Å². The molecule has 2 heterocycles. The molecule has 0 aliphatic heterocycles. The van der Waals surface area contributed by atoms with E-state index in [1.165, 1.54) is 33.4 Å². The van der Waals surface area contributed by atoms with Crippen molar-refractivity contribution in [2.75, 3.05) is 0 Å². The van der Waals surface area contributed by atoms with Crippen LogP contribution in [0.4, 0.5) is 4.39 Å². The maximum absolute atomic E-state index is 13.4. The van der Waals surface area contributed by atoms with Crippen LogP contribution in [0.2, 0.25) is 0 Å². The lowest BCUT2D eigenvalue weighted by Gasteiger charge is -2.12. The number of benzene rings is 2. The molecule has 5 rings (SSSR count). The molecule has 0 atom stereocenters. The van der Waals surface area contributed by atoms with Gasteiger partial charge in [0.15, 0.2) is 11.2 Å². The van der Waals surface area contributed by atoms with E-state index in [9.17, 15) is 14.0 Å². The Balaban J connectivity index is 1.76. The average molecular weight is 390 g/mol. The average Bonchev–Trinajstić information content (AvgIpc) is 3.46. The standard InChI is InChI=1S/C22H19FN4O2/c23-17-8-10-18(11-9-17)27-20-19(21(28)26(22(27)29)13-16-6-7-16)25(14-24-20)12-15-4-2-1-3-5-15/h1-5,8-11,14,16H,6-7,12-13H2. The van der Waals surface area contributed by atoms with E-state index in [-0.39, 0.29) is 17.0 Å². The Morgan fingerprint density at radius 2 is 1.72 bits per heavy atom. The molecule has 0 radical (unpaired) electrons. The molecule has 0 spiro atoms. The second-order valence-electron chi connectivity index (χ2n) is 7.48. The van der Waals surface area contributed by atoms with Gasteiger partial charge in [-0.25, -0.2) is 18.7 Å². The molecule has 0 saturated heterocycles. The molecule has 1 saturated carbocycles. The highest BCUT2D eigenvalue weighted by atomic mass is 19.1. The minimum absolute atomic E-state index is 0.287. The van der Waals surface area contributed by atoms with Crippen molar-refractivity contribution in [1.29, 1.82) is 0 Å². The van der Waals surface area contributed by atoms with E-state index in [1.54, 1.807) is 10.9 Å². The Hall–Kier alpha value is -3.48. The van der Waals surface area contributed by atoms with Gasteiger partial charge in [0.25, 0.3) is 5.56 Å². The number of fused-ring (bicyclic) bond motifs is 1. The molecule has 6 nitrogen and oxygen atoms in total. The molecule has 2 aromatic heterocycles. The normalized spacial score (nSPS) is 13.8. The van der Waals surface area contributed by atoms with Crippen LogP contribution in [0.1, 0.15) is 18.4 Å². The lowest BCUT2D eigenvalue weighted by atomic mass is 10.2. The second kappa shape index (κ2) is 6.84. The third-order valence-electron chi connectivity index (χ3n) is 5.32. The van der Waals surface area contributed by atoms with Gasteiger partial charge in [0.2, 0.25) is 0 Å². The van der Waals surface area contributed by atoms with E-state index in [0.717, 1.165) is 18.4 Å². The molecular formula is C22H19FN4O2. The van der Waals surface area contributed by atoms with Gasteiger partial charge < -0.3 is 4.57 Å². The lowest BCUT2D eigenvalue weighted by molar-refractivity contribution is 0.567. The lowest BCUT2D eigenvalue weighted by Crippen LogP contribution is -2.40. The van der Waals surface area contributed by atoms with Crippen molar-refractivity contribution in [3.05, 3.63) is 93.1 Å². The van der Waals surface area contributed by atoms with E-state index in [1.807, 2.05) is 30.3 Å². The predicted octanol–water partition coefficient (Wildman–Crippen LogP) is 2.95. The monoisotopic (exact) mass is 390 g/mol. The topological polar surface area (TPSA) is 61.8 Å². The van der Waals surface area contributed by atoms with E-state index < -0.39 is 5.69 Å². The van der Waals surface area contributed by atoms with E-state index in [0.29, 0.717) is 30.2 Å². The van der Waals surface area contributed by atoms with Crippen LogP contribution in [0.5, 0.6) is 0 Å². The number of hydrogen-bond donors (Lipinski definition) is 0. The SMILES string of the molecule is O=c1c2c(ncn2Cc2ccccc2)n(-c2ccc(F)cc2)c(=O)n1CC1CC1. The molecule has 2 aromatic carbocycles. The van der Waals surface area contributed by atoms with Gasteiger partial charge >= 0.3 is 5.69 Å². The first kappa shape index (κ1) is 17.6. The zero-order valence-corrected chi connectivity index (χ0v) is 15.7. The predicted molar refractivity (Wildman–Crippen MR) is 108 cm³/mol. The fourth-order valence-corrected chi connectivity index (χ4v) is 3.62. The summed E-state index contributed by atoms with van der Waals surface area (Å²) < 4.78 is 17.9. The largest absolute Gasteiger partial charge is 0.337 e. The summed E-state index contributed by atoms with van der Waals surface area (Å²) in [6.45, 7) is 0.864. The molecule has 0 amide bonds. The van der Waals surface area contributed by atoms with Crippen molar-refractivity contribution in [2.24, 2.45) is 5.92 Å². The van der Waals surface area contributed by atoms with Crippen LogP contribution in [-0.4, -0.2) is 18.7 Å². The van der Waals surface area contributed by atoms with Crippen LogP contribution in [-0.2, 0) is 13.1 Å². The van der Waals surface area contributed by atoms with Gasteiger partial charge in [0, 0.05) is 13.1 Å². The Kier molecular flexibility index (Phi) is 4.16. The van der Waals surface area contributed by atoms with Crippen LogP contribution >= 0.6 is 0 Å². The number of aromatic nitrogens is 4. The second-order valence-corrected chi connectivity index (χ2v) is 7.48. The molecule has 1 aliphatic carbocycles. The summed E-state index contributed by atoms with van der Waals surface area (Å²) in [5.41, 5.74) is 1.40. The van der Waals surface area contributed by atoms with Gasteiger partial charge in [-0.3, -0.25) is 9.36 Å². The highest BCUT2D eigenvalue weighted by molar-refractivity contribution is 5.72. The first-order valence-electron chi connectivity index (χ1n) is 9.62. The first-order valence-corrected chi connectivity index (χ1v) is 9.62. The number of imidazole rings is 1. The van der Waals surface area contributed by atoms with Gasteiger partial charge in [0.05, 0.1) is 12.0 Å². The molecule has 4 aromatic rings. The molecule has 0 N–H and O–H groups in total. The maximum Gasteiger partial charge on any atom is 0.337 e. The number of nitrogens with zero attached hydrogens (tertiary/aromatic N) is 4. The first-order chi connectivity index (χ1) is 14.1. The molecule has 0 bridgehead atoms. The fraction of sp³-hybridized carbons (Fsp3) is 0.227. The van der Waals surface area contributed by atoms with Crippen LogP contribution < -0.4 is 11.2 Å². The highest BCUT2D eigenvalue weighted by Gasteiger charge is 2.26. The molecule has 0 unspecified atom stereocenters. The fourth-order valence-electron chi connectivity index (χ4n) is 3.62. The number of rotatable bonds is 5. The quantitative estimate of drug-likeness (QED) is 0.526. The Bertz CT molecular complexity index is 1300. The minimum atomic E-state index is -0.439. The molecule has 29 heavy (non-hydrogen) atoms. The zero-order chi connectivity index (χ0) is 20.0. The van der Waals surface area contributed by atoms with Crippen molar-refractivity contribution in [1.82, 2.24) is 18.7 Å². The Morgan fingerprint density at radius 3 is 2.41 bits per heavy atom. The summed E-state index contributed by atoms with van der Waals surface area (Å²) in [4.78, 5) is 30.8. The van der Waals surface area contributed by atoms with Crippen LogP contribution in [0.25, 0.3) is 16.9 Å². The number of halogens is 1. The van der Waals surface area contributed by atoms with Crippen molar-refractivity contribution >= 4 is 11.2 Å². The third-order valence-corrected chi connectivity index (χ3v) is 5.32. The summed E-state index contributed by atoms with van der Waals surface area (Å²) in [6.07, 6.45) is 3.62. The molecular weight excluding hydrogens is 371 g/mol. The summed E-state index contributed by atoms with van der Waals surface area (Å²) >= 11 is 0. The maximum atomic E-state index is 13.4. The van der Waals surface area contributed by atoms with E-state index in [4.69, 9.17) is 0 Å². The number of hydrogen-bond acceptors (Lipinski definition) is 3. The van der Waals surface area contributed by atoms with Crippen molar-refractivity contribution in [3.8, 4) is 5.69 Å². The minimum Gasteiger partial charge on any atom is -0.320 e. The summed E-state index contributed by atoms with van der Waals surface area (Å²) in [5.74, 6) is -0.0380. The molecule has 146 valence electrons. The summed E-state index contributed by atoms with van der Waals surface area (Å²) in [5, 5.41) is 0. The zero-order valence-electron chi connectivity index (χ0n) is 15.7.